The average Bonchev–Trinajstić information content (AvgIpc) is 2.34. The molecule has 1 amide bonds. The van der Waals surface area contributed by atoms with Gasteiger partial charge in [0.15, 0.2) is 9.84 Å². The summed E-state index contributed by atoms with van der Waals surface area (Å²) in [6.45, 7) is 1.64. The van der Waals surface area contributed by atoms with E-state index in [1.165, 1.54) is 24.3 Å². The Morgan fingerprint density at radius 2 is 1.79 bits per heavy atom. The number of carbonyl (C=O) groups excluding carboxylic acids is 1. The molecular formula is C12H15NO5S. The number of amides is 1. The standard InChI is InChI=1S/C12H15NO5S/c1-3-10(12(15)16)13-11(14)8-4-6-9(7-5-8)19(2,17)18/h4-7,10H,3H2,1-2H3,(H,13,14)(H,15,16)/t10-/m1/s1. The van der Waals surface area contributed by atoms with Crippen LogP contribution in [0.15, 0.2) is 29.2 Å². The Bertz CT molecular complexity index is 577. The van der Waals surface area contributed by atoms with E-state index in [4.69, 9.17) is 5.11 Å². The van der Waals surface area contributed by atoms with E-state index in [-0.39, 0.29) is 16.9 Å². The minimum absolute atomic E-state index is 0.106. The van der Waals surface area contributed by atoms with Crippen LogP contribution < -0.4 is 5.32 Å². The molecule has 0 aliphatic carbocycles. The van der Waals surface area contributed by atoms with Gasteiger partial charge in [0.05, 0.1) is 4.90 Å². The Kier molecular flexibility index (Phi) is 4.66. The third-order valence-corrected chi connectivity index (χ3v) is 3.68. The van der Waals surface area contributed by atoms with Crippen LogP contribution in [0.3, 0.4) is 0 Å². The van der Waals surface area contributed by atoms with Gasteiger partial charge in [0, 0.05) is 11.8 Å². The molecule has 0 aromatic heterocycles. The van der Waals surface area contributed by atoms with Crippen molar-refractivity contribution >= 4 is 21.7 Å². The van der Waals surface area contributed by atoms with Crippen LogP contribution in [0.25, 0.3) is 0 Å². The Hall–Kier alpha value is -1.89. The number of nitrogens with one attached hydrogen (secondary N) is 1. The molecule has 1 aromatic carbocycles. The topological polar surface area (TPSA) is 101 Å². The number of carbonyl (C=O) groups is 2. The molecule has 7 heteroatoms. The monoisotopic (exact) mass is 285 g/mol. The van der Waals surface area contributed by atoms with Gasteiger partial charge in [-0.1, -0.05) is 6.92 Å². The Labute approximate surface area is 111 Å². The smallest absolute Gasteiger partial charge is 0.326 e. The summed E-state index contributed by atoms with van der Waals surface area (Å²) in [6, 6.07) is 4.36. The molecule has 1 aromatic rings. The van der Waals surface area contributed by atoms with Gasteiger partial charge in [-0.15, -0.1) is 0 Å². The fraction of sp³-hybridized carbons (Fsp3) is 0.333. The largest absolute Gasteiger partial charge is 0.480 e. The summed E-state index contributed by atoms with van der Waals surface area (Å²) < 4.78 is 22.5. The highest BCUT2D eigenvalue weighted by atomic mass is 32.2. The van der Waals surface area contributed by atoms with E-state index in [0.717, 1.165) is 6.26 Å². The third kappa shape index (κ3) is 4.06. The average molecular weight is 285 g/mol. The number of carboxylic acids is 1. The zero-order valence-electron chi connectivity index (χ0n) is 10.6. The van der Waals surface area contributed by atoms with E-state index in [0.29, 0.717) is 0 Å². The summed E-state index contributed by atoms with van der Waals surface area (Å²) in [5.74, 6) is -1.65. The first kappa shape index (κ1) is 15.2. The Morgan fingerprint density at radius 1 is 1.26 bits per heavy atom. The Balaban J connectivity index is 2.87. The van der Waals surface area contributed by atoms with Gasteiger partial charge in [0.1, 0.15) is 6.04 Å². The van der Waals surface area contributed by atoms with E-state index in [2.05, 4.69) is 5.32 Å². The van der Waals surface area contributed by atoms with Crippen molar-refractivity contribution in [3.8, 4) is 0 Å². The first-order chi connectivity index (χ1) is 8.75. The second kappa shape index (κ2) is 5.83. The maximum absolute atomic E-state index is 11.8. The van der Waals surface area contributed by atoms with Gasteiger partial charge in [-0.05, 0) is 30.7 Å². The maximum Gasteiger partial charge on any atom is 0.326 e. The summed E-state index contributed by atoms with van der Waals surface area (Å²) in [5, 5.41) is 11.2. The van der Waals surface area contributed by atoms with Crippen molar-refractivity contribution in [2.75, 3.05) is 6.26 Å². The molecule has 0 saturated heterocycles. The molecular weight excluding hydrogens is 270 g/mol. The van der Waals surface area contributed by atoms with E-state index in [1.807, 2.05) is 0 Å². The first-order valence-electron chi connectivity index (χ1n) is 5.59. The zero-order chi connectivity index (χ0) is 14.6. The lowest BCUT2D eigenvalue weighted by molar-refractivity contribution is -0.139. The molecule has 0 unspecified atom stereocenters. The van der Waals surface area contributed by atoms with E-state index in [9.17, 15) is 18.0 Å². The lowest BCUT2D eigenvalue weighted by Crippen LogP contribution is -2.40. The third-order valence-electron chi connectivity index (χ3n) is 2.56. The molecule has 104 valence electrons. The molecule has 6 nitrogen and oxygen atoms in total. The minimum atomic E-state index is -3.31. The number of aliphatic carboxylic acids is 1. The number of rotatable bonds is 5. The van der Waals surface area contributed by atoms with E-state index >= 15 is 0 Å². The van der Waals surface area contributed by atoms with Gasteiger partial charge >= 0.3 is 5.97 Å². The molecule has 0 saturated carbocycles. The van der Waals surface area contributed by atoms with E-state index < -0.39 is 27.8 Å². The fourth-order valence-electron chi connectivity index (χ4n) is 1.43. The van der Waals surface area contributed by atoms with Gasteiger partial charge in [0.2, 0.25) is 0 Å². The highest BCUT2D eigenvalue weighted by Gasteiger charge is 2.18. The lowest BCUT2D eigenvalue weighted by Gasteiger charge is -2.12. The van der Waals surface area contributed by atoms with Gasteiger partial charge in [-0.25, -0.2) is 13.2 Å². The number of hydrogen-bond acceptors (Lipinski definition) is 4. The summed E-state index contributed by atoms with van der Waals surface area (Å²) in [6.07, 6.45) is 1.34. The molecule has 0 radical (unpaired) electrons. The molecule has 1 rings (SSSR count). The number of benzene rings is 1. The first-order valence-corrected chi connectivity index (χ1v) is 7.48. The predicted octanol–water partition coefficient (Wildman–Crippen LogP) is 0.683. The van der Waals surface area contributed by atoms with Gasteiger partial charge in [-0.3, -0.25) is 4.79 Å². The molecule has 0 spiro atoms. The fourth-order valence-corrected chi connectivity index (χ4v) is 2.06. The highest BCUT2D eigenvalue weighted by Crippen LogP contribution is 2.10. The molecule has 0 aliphatic heterocycles. The minimum Gasteiger partial charge on any atom is -0.480 e. The highest BCUT2D eigenvalue weighted by molar-refractivity contribution is 7.90. The molecule has 1 atom stereocenters. The maximum atomic E-state index is 11.8. The number of hydrogen-bond donors (Lipinski definition) is 2. The van der Waals surface area contributed by atoms with E-state index in [1.54, 1.807) is 6.92 Å². The summed E-state index contributed by atoms with van der Waals surface area (Å²) >= 11 is 0. The molecule has 0 fully saturated rings. The SMILES string of the molecule is CC[C@@H](NC(=O)c1ccc(S(C)(=O)=O)cc1)C(=O)O. The molecule has 0 aliphatic rings. The van der Waals surface area contributed by atoms with Gasteiger partial charge < -0.3 is 10.4 Å². The van der Waals surface area contributed by atoms with Crippen LogP contribution in [-0.2, 0) is 14.6 Å². The van der Waals surface area contributed by atoms with Crippen molar-refractivity contribution in [3.05, 3.63) is 29.8 Å². The van der Waals surface area contributed by atoms with Crippen molar-refractivity contribution in [3.63, 3.8) is 0 Å². The Morgan fingerprint density at radius 3 is 2.16 bits per heavy atom. The van der Waals surface area contributed by atoms with Crippen LogP contribution in [0.1, 0.15) is 23.7 Å². The van der Waals surface area contributed by atoms with Crippen LogP contribution in [0, 0.1) is 0 Å². The van der Waals surface area contributed by atoms with Crippen LogP contribution in [-0.4, -0.2) is 37.7 Å². The molecule has 0 heterocycles. The van der Waals surface area contributed by atoms with Crippen molar-refractivity contribution < 1.29 is 23.1 Å². The molecule has 19 heavy (non-hydrogen) atoms. The lowest BCUT2D eigenvalue weighted by atomic mass is 10.1. The second-order valence-corrected chi connectivity index (χ2v) is 6.08. The van der Waals surface area contributed by atoms with Crippen molar-refractivity contribution in [2.24, 2.45) is 0 Å². The summed E-state index contributed by atoms with van der Waals surface area (Å²) in [4.78, 5) is 22.7. The van der Waals surface area contributed by atoms with Gasteiger partial charge in [-0.2, -0.15) is 0 Å². The summed E-state index contributed by atoms with van der Waals surface area (Å²) in [5.41, 5.74) is 0.215. The number of carboxylic acid groups (broad SMARTS) is 1. The molecule has 0 bridgehead atoms. The summed E-state index contributed by atoms with van der Waals surface area (Å²) in [7, 11) is -3.31. The molecule has 2 N–H and O–H groups in total. The predicted molar refractivity (Wildman–Crippen MR) is 68.7 cm³/mol. The van der Waals surface area contributed by atoms with Crippen LogP contribution in [0.2, 0.25) is 0 Å². The zero-order valence-corrected chi connectivity index (χ0v) is 11.4. The van der Waals surface area contributed by atoms with Gasteiger partial charge in [0.25, 0.3) is 5.91 Å². The van der Waals surface area contributed by atoms with Crippen LogP contribution in [0.4, 0.5) is 0 Å². The normalized spacial score (nSPS) is 12.7. The van der Waals surface area contributed by atoms with Crippen LogP contribution >= 0.6 is 0 Å². The number of sulfone groups is 1. The van der Waals surface area contributed by atoms with Crippen molar-refractivity contribution in [2.45, 2.75) is 24.3 Å². The van der Waals surface area contributed by atoms with Crippen LogP contribution in [0.5, 0.6) is 0 Å². The quantitative estimate of drug-likeness (QED) is 0.828. The second-order valence-electron chi connectivity index (χ2n) is 4.07. The van der Waals surface area contributed by atoms with Crippen molar-refractivity contribution in [1.82, 2.24) is 5.32 Å². The van der Waals surface area contributed by atoms with Crippen molar-refractivity contribution in [1.29, 1.82) is 0 Å².